The first kappa shape index (κ1) is 14.5. The topological polar surface area (TPSA) is 80.8 Å². The van der Waals surface area contributed by atoms with Gasteiger partial charge < -0.3 is 9.64 Å². The van der Waals surface area contributed by atoms with E-state index in [1.807, 2.05) is 0 Å². The van der Waals surface area contributed by atoms with E-state index in [1.54, 1.807) is 12.1 Å². The van der Waals surface area contributed by atoms with Crippen LogP contribution in [-0.2, 0) is 24.2 Å². The molecule has 2 rings (SSSR count). The Morgan fingerprint density at radius 1 is 1.30 bits per heavy atom. The highest BCUT2D eigenvalue weighted by atomic mass is 32.2. The summed E-state index contributed by atoms with van der Waals surface area (Å²) in [6.45, 7) is 0.254. The van der Waals surface area contributed by atoms with E-state index in [0.717, 1.165) is 6.26 Å². The summed E-state index contributed by atoms with van der Waals surface area (Å²) >= 11 is 0. The molecule has 0 bridgehead atoms. The molecule has 1 aromatic carbocycles. The van der Waals surface area contributed by atoms with Crippen LogP contribution in [0.15, 0.2) is 29.2 Å². The van der Waals surface area contributed by atoms with Crippen LogP contribution in [0.1, 0.15) is 6.42 Å². The zero-order valence-corrected chi connectivity index (χ0v) is 12.0. The number of esters is 1. The Labute approximate surface area is 117 Å². The summed E-state index contributed by atoms with van der Waals surface area (Å²) in [4.78, 5) is 25.0. The number of nitrogens with zero attached hydrogens (tertiary/aromatic N) is 1. The molecule has 0 radical (unpaired) electrons. The van der Waals surface area contributed by atoms with Crippen molar-refractivity contribution in [2.24, 2.45) is 5.92 Å². The van der Waals surface area contributed by atoms with E-state index < -0.39 is 21.7 Å². The van der Waals surface area contributed by atoms with Crippen LogP contribution in [0.3, 0.4) is 0 Å². The maximum atomic E-state index is 11.9. The van der Waals surface area contributed by atoms with Crippen LogP contribution in [0.5, 0.6) is 0 Å². The quantitative estimate of drug-likeness (QED) is 0.764. The Balaban J connectivity index is 2.21. The number of carbonyl (C=O) groups excluding carboxylic acids is 2. The predicted octanol–water partition coefficient (Wildman–Crippen LogP) is 0.616. The van der Waals surface area contributed by atoms with Gasteiger partial charge in [0.1, 0.15) is 0 Å². The lowest BCUT2D eigenvalue weighted by Gasteiger charge is -2.16. The van der Waals surface area contributed by atoms with Gasteiger partial charge in [-0.3, -0.25) is 9.59 Å². The molecule has 20 heavy (non-hydrogen) atoms. The number of methoxy groups -OCH3 is 1. The van der Waals surface area contributed by atoms with Gasteiger partial charge in [0, 0.05) is 24.9 Å². The van der Waals surface area contributed by atoms with Crippen molar-refractivity contribution in [2.45, 2.75) is 11.3 Å². The smallest absolute Gasteiger partial charge is 0.311 e. The van der Waals surface area contributed by atoms with Crippen LogP contribution in [0.2, 0.25) is 0 Å². The first-order chi connectivity index (χ1) is 9.32. The molecule has 0 aliphatic carbocycles. The largest absolute Gasteiger partial charge is 0.469 e. The lowest BCUT2D eigenvalue weighted by atomic mass is 10.1. The summed E-state index contributed by atoms with van der Waals surface area (Å²) in [5.41, 5.74) is 0.578. The predicted molar refractivity (Wildman–Crippen MR) is 72.0 cm³/mol. The number of amides is 1. The van der Waals surface area contributed by atoms with E-state index in [4.69, 9.17) is 0 Å². The van der Waals surface area contributed by atoms with E-state index >= 15 is 0 Å². The van der Waals surface area contributed by atoms with Crippen LogP contribution >= 0.6 is 0 Å². The molecule has 0 spiro atoms. The van der Waals surface area contributed by atoms with Crippen molar-refractivity contribution in [3.8, 4) is 0 Å². The van der Waals surface area contributed by atoms with Gasteiger partial charge in [-0.25, -0.2) is 8.42 Å². The molecule has 6 nitrogen and oxygen atoms in total. The van der Waals surface area contributed by atoms with Gasteiger partial charge in [0.25, 0.3) is 0 Å². The number of ether oxygens (including phenoxy) is 1. The van der Waals surface area contributed by atoms with E-state index in [2.05, 4.69) is 4.74 Å². The second kappa shape index (κ2) is 5.24. The van der Waals surface area contributed by atoms with Crippen molar-refractivity contribution in [1.82, 2.24) is 0 Å². The molecule has 1 aliphatic rings. The molecule has 1 saturated heterocycles. The minimum Gasteiger partial charge on any atom is -0.469 e. The SMILES string of the molecule is COC(=O)C1CC(=O)N(c2ccc(S(C)(=O)=O)cc2)C1. The van der Waals surface area contributed by atoms with Gasteiger partial charge in [0.2, 0.25) is 5.91 Å². The molecular weight excluding hydrogens is 282 g/mol. The number of benzene rings is 1. The summed E-state index contributed by atoms with van der Waals surface area (Å²) in [6, 6.07) is 6.02. The highest BCUT2D eigenvalue weighted by molar-refractivity contribution is 7.90. The Morgan fingerprint density at radius 3 is 2.40 bits per heavy atom. The van der Waals surface area contributed by atoms with Crippen molar-refractivity contribution in [1.29, 1.82) is 0 Å². The fourth-order valence-corrected chi connectivity index (χ4v) is 2.79. The van der Waals surface area contributed by atoms with E-state index in [1.165, 1.54) is 24.1 Å². The molecule has 1 amide bonds. The first-order valence-electron chi connectivity index (χ1n) is 6.01. The van der Waals surface area contributed by atoms with Crippen molar-refractivity contribution in [2.75, 3.05) is 24.8 Å². The molecule has 1 heterocycles. The Bertz CT molecular complexity index is 635. The molecule has 1 aromatic rings. The molecule has 1 atom stereocenters. The lowest BCUT2D eigenvalue weighted by molar-refractivity contribution is -0.145. The van der Waals surface area contributed by atoms with Crippen LogP contribution < -0.4 is 4.90 Å². The highest BCUT2D eigenvalue weighted by Gasteiger charge is 2.35. The van der Waals surface area contributed by atoms with Gasteiger partial charge in [-0.15, -0.1) is 0 Å². The van der Waals surface area contributed by atoms with Gasteiger partial charge >= 0.3 is 5.97 Å². The Morgan fingerprint density at radius 2 is 1.90 bits per heavy atom. The fourth-order valence-electron chi connectivity index (χ4n) is 2.15. The minimum absolute atomic E-state index is 0.112. The number of hydrogen-bond donors (Lipinski definition) is 0. The second-order valence-electron chi connectivity index (χ2n) is 4.69. The Kier molecular flexibility index (Phi) is 3.80. The molecule has 108 valence electrons. The van der Waals surface area contributed by atoms with Gasteiger partial charge in [0.15, 0.2) is 9.84 Å². The summed E-state index contributed by atoms with van der Waals surface area (Å²) in [5, 5.41) is 0. The average Bonchev–Trinajstić information content (AvgIpc) is 2.79. The number of hydrogen-bond acceptors (Lipinski definition) is 5. The number of carbonyl (C=O) groups is 2. The molecule has 1 aliphatic heterocycles. The zero-order valence-electron chi connectivity index (χ0n) is 11.2. The minimum atomic E-state index is -3.26. The van der Waals surface area contributed by atoms with Gasteiger partial charge in [-0.05, 0) is 24.3 Å². The van der Waals surface area contributed by atoms with Gasteiger partial charge in [0.05, 0.1) is 17.9 Å². The Hall–Kier alpha value is -1.89. The number of sulfone groups is 1. The second-order valence-corrected chi connectivity index (χ2v) is 6.71. The third kappa shape index (κ3) is 2.82. The molecule has 0 saturated carbocycles. The monoisotopic (exact) mass is 297 g/mol. The van der Waals surface area contributed by atoms with Crippen LogP contribution in [0.4, 0.5) is 5.69 Å². The molecule has 0 N–H and O–H groups in total. The first-order valence-corrected chi connectivity index (χ1v) is 7.90. The molecule has 1 fully saturated rings. The van der Waals surface area contributed by atoms with Crippen LogP contribution in [0, 0.1) is 5.92 Å². The van der Waals surface area contributed by atoms with Crippen LogP contribution in [-0.4, -0.2) is 40.2 Å². The van der Waals surface area contributed by atoms with E-state index in [0.29, 0.717) is 5.69 Å². The lowest BCUT2D eigenvalue weighted by Crippen LogP contribution is -2.26. The molecule has 0 aromatic heterocycles. The van der Waals surface area contributed by atoms with E-state index in [9.17, 15) is 18.0 Å². The van der Waals surface area contributed by atoms with Crippen molar-refractivity contribution in [3.63, 3.8) is 0 Å². The zero-order chi connectivity index (χ0) is 14.9. The highest BCUT2D eigenvalue weighted by Crippen LogP contribution is 2.26. The normalized spacial score (nSPS) is 19.2. The summed E-state index contributed by atoms with van der Waals surface area (Å²) in [5.74, 6) is -1.05. The fraction of sp³-hybridized carbons (Fsp3) is 0.385. The summed E-state index contributed by atoms with van der Waals surface area (Å²) in [7, 11) is -1.97. The summed E-state index contributed by atoms with van der Waals surface area (Å²) < 4.78 is 27.4. The van der Waals surface area contributed by atoms with E-state index in [-0.39, 0.29) is 23.8 Å². The van der Waals surface area contributed by atoms with Gasteiger partial charge in [-0.2, -0.15) is 0 Å². The maximum Gasteiger partial charge on any atom is 0.311 e. The van der Waals surface area contributed by atoms with Gasteiger partial charge in [-0.1, -0.05) is 0 Å². The third-order valence-corrected chi connectivity index (χ3v) is 4.36. The maximum absolute atomic E-state index is 11.9. The third-order valence-electron chi connectivity index (χ3n) is 3.24. The van der Waals surface area contributed by atoms with Crippen molar-refractivity contribution >= 4 is 27.4 Å². The average molecular weight is 297 g/mol. The number of anilines is 1. The summed E-state index contributed by atoms with van der Waals surface area (Å²) in [6.07, 6.45) is 1.23. The van der Waals surface area contributed by atoms with Crippen molar-refractivity contribution < 1.29 is 22.7 Å². The number of rotatable bonds is 3. The van der Waals surface area contributed by atoms with Crippen molar-refractivity contribution in [3.05, 3.63) is 24.3 Å². The molecule has 7 heteroatoms. The molecular formula is C13H15NO5S. The van der Waals surface area contributed by atoms with Crippen LogP contribution in [0.25, 0.3) is 0 Å². The molecule has 1 unspecified atom stereocenters. The standard InChI is InChI=1S/C13H15NO5S/c1-19-13(16)9-7-12(15)14(8-9)10-3-5-11(6-4-10)20(2,17)18/h3-6,9H,7-8H2,1-2H3.